The summed E-state index contributed by atoms with van der Waals surface area (Å²) in [5.74, 6) is -1.23. The molecule has 7 nitrogen and oxygen atoms in total. The molecule has 1 N–H and O–H groups in total. The first-order chi connectivity index (χ1) is 12.1. The molecule has 1 atom stereocenters. The van der Waals surface area contributed by atoms with Gasteiger partial charge in [0.15, 0.2) is 11.2 Å². The fourth-order valence-corrected chi connectivity index (χ4v) is 3.33. The van der Waals surface area contributed by atoms with Gasteiger partial charge in [0.25, 0.3) is 0 Å². The first kappa shape index (κ1) is 17.3. The SMILES string of the molecule is CCCC[C@@H](Sc1ncnc2c1nnn2-c1ccc(F)cc1)C(=O)O. The predicted octanol–water partition coefficient (Wildman–Crippen LogP) is 3.09. The Balaban J connectivity index is 1.95. The Labute approximate surface area is 147 Å². The molecule has 0 aliphatic carbocycles. The number of carbonyl (C=O) groups is 1. The lowest BCUT2D eigenvalue weighted by Crippen LogP contribution is -2.16. The van der Waals surface area contributed by atoms with Gasteiger partial charge in [0, 0.05) is 0 Å². The second-order valence-electron chi connectivity index (χ2n) is 5.42. The van der Waals surface area contributed by atoms with E-state index in [-0.39, 0.29) is 5.82 Å². The maximum absolute atomic E-state index is 13.1. The minimum Gasteiger partial charge on any atom is -0.480 e. The van der Waals surface area contributed by atoms with Gasteiger partial charge >= 0.3 is 5.97 Å². The minimum atomic E-state index is -0.879. The summed E-state index contributed by atoms with van der Waals surface area (Å²) < 4.78 is 14.6. The molecule has 0 amide bonds. The van der Waals surface area contributed by atoms with E-state index < -0.39 is 11.2 Å². The third-order valence-electron chi connectivity index (χ3n) is 3.62. The summed E-state index contributed by atoms with van der Waals surface area (Å²) in [6, 6.07) is 5.79. The lowest BCUT2D eigenvalue weighted by atomic mass is 10.2. The van der Waals surface area contributed by atoms with Crippen LogP contribution in [0.4, 0.5) is 4.39 Å². The van der Waals surface area contributed by atoms with E-state index in [0.717, 1.165) is 24.6 Å². The maximum Gasteiger partial charge on any atom is 0.317 e. The zero-order valence-electron chi connectivity index (χ0n) is 13.5. The van der Waals surface area contributed by atoms with Gasteiger partial charge in [-0.3, -0.25) is 4.79 Å². The molecule has 3 aromatic rings. The molecule has 0 spiro atoms. The number of benzene rings is 1. The minimum absolute atomic E-state index is 0.348. The van der Waals surface area contributed by atoms with E-state index in [2.05, 4.69) is 20.3 Å². The van der Waals surface area contributed by atoms with Crippen LogP contribution in [-0.2, 0) is 4.79 Å². The van der Waals surface area contributed by atoms with E-state index in [1.807, 2.05) is 6.92 Å². The van der Waals surface area contributed by atoms with Gasteiger partial charge in [-0.25, -0.2) is 14.4 Å². The smallest absolute Gasteiger partial charge is 0.317 e. The summed E-state index contributed by atoms with van der Waals surface area (Å²) in [7, 11) is 0. The van der Waals surface area contributed by atoms with E-state index in [0.29, 0.717) is 28.3 Å². The van der Waals surface area contributed by atoms with Crippen molar-refractivity contribution in [1.82, 2.24) is 25.0 Å². The Kier molecular flexibility index (Phi) is 5.22. The Morgan fingerprint density at radius 2 is 2.08 bits per heavy atom. The second-order valence-corrected chi connectivity index (χ2v) is 6.61. The largest absolute Gasteiger partial charge is 0.480 e. The van der Waals surface area contributed by atoms with Crippen LogP contribution in [0.2, 0.25) is 0 Å². The van der Waals surface area contributed by atoms with Crippen LogP contribution in [-0.4, -0.2) is 41.3 Å². The van der Waals surface area contributed by atoms with Gasteiger partial charge < -0.3 is 5.11 Å². The van der Waals surface area contributed by atoms with Crippen molar-refractivity contribution in [2.75, 3.05) is 0 Å². The number of hydrogen-bond donors (Lipinski definition) is 1. The zero-order valence-corrected chi connectivity index (χ0v) is 14.3. The number of aromatic nitrogens is 5. The molecule has 130 valence electrons. The van der Waals surface area contributed by atoms with Gasteiger partial charge in [0.2, 0.25) is 0 Å². The summed E-state index contributed by atoms with van der Waals surface area (Å²) in [4.78, 5) is 19.8. The van der Waals surface area contributed by atoms with Crippen molar-refractivity contribution < 1.29 is 14.3 Å². The third-order valence-corrected chi connectivity index (χ3v) is 4.87. The van der Waals surface area contributed by atoms with Crippen molar-refractivity contribution in [1.29, 1.82) is 0 Å². The van der Waals surface area contributed by atoms with Crippen LogP contribution in [0.15, 0.2) is 35.6 Å². The molecule has 25 heavy (non-hydrogen) atoms. The number of hydrogen-bond acceptors (Lipinski definition) is 6. The zero-order chi connectivity index (χ0) is 17.8. The van der Waals surface area contributed by atoms with Crippen molar-refractivity contribution in [3.05, 3.63) is 36.4 Å². The number of nitrogens with zero attached hydrogens (tertiary/aromatic N) is 5. The quantitative estimate of drug-likeness (QED) is 0.510. The number of halogens is 1. The average Bonchev–Trinajstić information content (AvgIpc) is 3.04. The predicted molar refractivity (Wildman–Crippen MR) is 91.2 cm³/mol. The Morgan fingerprint density at radius 3 is 2.76 bits per heavy atom. The standard InChI is InChI=1S/C16H16FN5O2S/c1-2-3-4-12(16(23)24)25-15-13-14(18-9-19-15)22(21-20-13)11-7-5-10(17)6-8-11/h5-9,12H,2-4H2,1H3,(H,23,24)/t12-/m1/s1. The number of carboxylic acid groups (broad SMARTS) is 1. The lowest BCUT2D eigenvalue weighted by molar-refractivity contribution is -0.136. The van der Waals surface area contributed by atoms with Gasteiger partial charge in [0.05, 0.1) is 5.69 Å². The molecule has 2 heterocycles. The molecular weight excluding hydrogens is 345 g/mol. The van der Waals surface area contributed by atoms with Gasteiger partial charge in [-0.2, -0.15) is 4.68 Å². The average molecular weight is 361 g/mol. The molecule has 0 radical (unpaired) electrons. The summed E-state index contributed by atoms with van der Waals surface area (Å²) in [6.07, 6.45) is 3.64. The van der Waals surface area contributed by atoms with E-state index in [1.54, 1.807) is 12.1 Å². The highest BCUT2D eigenvalue weighted by Gasteiger charge is 2.22. The normalized spacial score (nSPS) is 12.4. The number of thioether (sulfide) groups is 1. The van der Waals surface area contributed by atoms with Crippen molar-refractivity contribution in [3.8, 4) is 5.69 Å². The van der Waals surface area contributed by atoms with Crippen LogP contribution in [0.1, 0.15) is 26.2 Å². The highest BCUT2D eigenvalue weighted by atomic mass is 32.2. The number of fused-ring (bicyclic) bond motifs is 1. The van der Waals surface area contributed by atoms with Gasteiger partial charge in [0.1, 0.15) is 22.4 Å². The molecule has 0 bridgehead atoms. The van der Waals surface area contributed by atoms with Gasteiger partial charge in [-0.15, -0.1) is 5.10 Å². The van der Waals surface area contributed by atoms with E-state index in [9.17, 15) is 14.3 Å². The Bertz CT molecular complexity index is 884. The number of rotatable bonds is 7. The molecule has 1 aromatic carbocycles. The van der Waals surface area contributed by atoms with Crippen LogP contribution < -0.4 is 0 Å². The van der Waals surface area contributed by atoms with E-state index in [4.69, 9.17) is 0 Å². The van der Waals surface area contributed by atoms with Gasteiger partial charge in [-0.05, 0) is 30.7 Å². The molecule has 0 saturated heterocycles. The fraction of sp³-hybridized carbons (Fsp3) is 0.312. The lowest BCUT2D eigenvalue weighted by Gasteiger charge is -2.10. The topological polar surface area (TPSA) is 93.8 Å². The number of unbranched alkanes of at least 4 members (excludes halogenated alkanes) is 1. The molecule has 0 aliphatic rings. The molecule has 0 saturated carbocycles. The number of aliphatic carboxylic acids is 1. The summed E-state index contributed by atoms with van der Waals surface area (Å²) in [5.41, 5.74) is 1.49. The van der Waals surface area contributed by atoms with Crippen LogP contribution in [0.5, 0.6) is 0 Å². The Morgan fingerprint density at radius 1 is 1.32 bits per heavy atom. The highest BCUT2D eigenvalue weighted by Crippen LogP contribution is 2.30. The molecule has 2 aromatic heterocycles. The molecular formula is C16H16FN5O2S. The maximum atomic E-state index is 13.1. The Hall–Kier alpha value is -2.55. The highest BCUT2D eigenvalue weighted by molar-refractivity contribution is 8.00. The molecule has 0 fully saturated rings. The van der Waals surface area contributed by atoms with Crippen LogP contribution in [0, 0.1) is 5.82 Å². The molecule has 3 rings (SSSR count). The van der Waals surface area contributed by atoms with E-state index >= 15 is 0 Å². The first-order valence-corrected chi connectivity index (χ1v) is 8.70. The van der Waals surface area contributed by atoms with Crippen LogP contribution >= 0.6 is 11.8 Å². The first-order valence-electron chi connectivity index (χ1n) is 7.82. The second kappa shape index (κ2) is 7.56. The van der Waals surface area contributed by atoms with Crippen molar-refractivity contribution in [2.45, 2.75) is 36.5 Å². The van der Waals surface area contributed by atoms with Crippen molar-refractivity contribution in [3.63, 3.8) is 0 Å². The third kappa shape index (κ3) is 3.76. The van der Waals surface area contributed by atoms with Gasteiger partial charge in [-0.1, -0.05) is 36.7 Å². The van der Waals surface area contributed by atoms with Crippen LogP contribution in [0.25, 0.3) is 16.9 Å². The molecule has 9 heteroatoms. The summed E-state index contributed by atoms with van der Waals surface area (Å²) in [6.45, 7) is 2.01. The van der Waals surface area contributed by atoms with E-state index in [1.165, 1.54) is 23.1 Å². The molecule has 0 aliphatic heterocycles. The monoisotopic (exact) mass is 361 g/mol. The van der Waals surface area contributed by atoms with Crippen molar-refractivity contribution in [2.24, 2.45) is 0 Å². The number of carboxylic acids is 1. The molecule has 0 unspecified atom stereocenters. The van der Waals surface area contributed by atoms with Crippen LogP contribution in [0.3, 0.4) is 0 Å². The summed E-state index contributed by atoms with van der Waals surface area (Å²) >= 11 is 1.15. The van der Waals surface area contributed by atoms with Crippen molar-refractivity contribution >= 4 is 28.9 Å². The fourth-order valence-electron chi connectivity index (χ4n) is 2.33. The summed E-state index contributed by atoms with van der Waals surface area (Å²) in [5, 5.41) is 17.4.